The van der Waals surface area contributed by atoms with Crippen LogP contribution in [0.2, 0.25) is 5.02 Å². The number of nitrogens with one attached hydrogen (secondary N) is 3. The van der Waals surface area contributed by atoms with Crippen LogP contribution in [0.1, 0.15) is 28.8 Å². The minimum atomic E-state index is -0.341. The summed E-state index contributed by atoms with van der Waals surface area (Å²) in [6.07, 6.45) is 1.20. The molecule has 162 valence electrons. The van der Waals surface area contributed by atoms with Gasteiger partial charge in [-0.2, -0.15) is 0 Å². The molecule has 32 heavy (non-hydrogen) atoms. The van der Waals surface area contributed by atoms with Crippen LogP contribution in [0.15, 0.2) is 72.8 Å². The molecule has 1 unspecified atom stereocenters. The third-order valence-electron chi connectivity index (χ3n) is 5.38. The minimum absolute atomic E-state index is 0.0701. The Morgan fingerprint density at radius 2 is 1.66 bits per heavy atom. The first kappa shape index (κ1) is 21.6. The van der Waals surface area contributed by atoms with Gasteiger partial charge in [0.15, 0.2) is 0 Å². The number of anilines is 3. The molecule has 7 heteroatoms. The van der Waals surface area contributed by atoms with Crippen LogP contribution in [-0.4, -0.2) is 17.7 Å². The lowest BCUT2D eigenvalue weighted by molar-refractivity contribution is -0.121. The van der Waals surface area contributed by atoms with Gasteiger partial charge in [-0.3, -0.25) is 14.4 Å². The second-order valence-electron chi connectivity index (χ2n) is 7.64. The molecule has 6 nitrogen and oxygen atoms in total. The lowest BCUT2D eigenvalue weighted by Crippen LogP contribution is -2.30. The first-order chi connectivity index (χ1) is 15.5. The summed E-state index contributed by atoms with van der Waals surface area (Å²) < 4.78 is 0. The predicted molar refractivity (Wildman–Crippen MR) is 126 cm³/mol. The summed E-state index contributed by atoms with van der Waals surface area (Å²) in [6.45, 7) is 0. The van der Waals surface area contributed by atoms with E-state index < -0.39 is 0 Å². The normalized spacial score (nSPS) is 14.8. The Kier molecular flexibility index (Phi) is 6.52. The van der Waals surface area contributed by atoms with Gasteiger partial charge >= 0.3 is 0 Å². The van der Waals surface area contributed by atoms with Crippen molar-refractivity contribution < 1.29 is 14.4 Å². The monoisotopic (exact) mass is 447 g/mol. The zero-order valence-corrected chi connectivity index (χ0v) is 18.0. The molecule has 3 aromatic carbocycles. The van der Waals surface area contributed by atoms with Crippen molar-refractivity contribution >= 4 is 46.4 Å². The molecule has 4 rings (SSSR count). The third kappa shape index (κ3) is 5.15. The van der Waals surface area contributed by atoms with E-state index in [1.165, 1.54) is 0 Å². The van der Waals surface area contributed by atoms with Crippen LogP contribution in [0, 0.1) is 5.92 Å². The van der Waals surface area contributed by atoms with Crippen molar-refractivity contribution in [1.29, 1.82) is 0 Å². The number of halogens is 1. The Morgan fingerprint density at radius 1 is 0.938 bits per heavy atom. The molecule has 0 radical (unpaired) electrons. The van der Waals surface area contributed by atoms with Crippen molar-refractivity contribution in [1.82, 2.24) is 0 Å². The van der Waals surface area contributed by atoms with E-state index in [1.807, 2.05) is 24.3 Å². The number of benzene rings is 3. The van der Waals surface area contributed by atoms with Crippen molar-refractivity contribution in [2.45, 2.75) is 19.3 Å². The summed E-state index contributed by atoms with van der Waals surface area (Å²) in [5.74, 6) is -0.923. The Bertz CT molecular complexity index is 1160. The summed E-state index contributed by atoms with van der Waals surface area (Å²) in [5, 5.41) is 9.08. The number of amides is 3. The molecule has 1 atom stereocenters. The molecule has 0 saturated heterocycles. The molecule has 3 N–H and O–H groups in total. The molecule has 1 aliphatic heterocycles. The largest absolute Gasteiger partial charge is 0.326 e. The molecule has 3 amide bonds. The van der Waals surface area contributed by atoms with E-state index in [1.54, 1.807) is 48.5 Å². The lowest BCUT2D eigenvalue weighted by atomic mass is 9.89. The standard InChI is InChI=1S/C25H22ClN3O3/c26-18-10-12-19(13-11-18)27-25(32)20-6-2-4-8-22(20)28-23(30)14-9-17-15-16-5-1-3-7-21(16)29-24(17)31/h1-8,10-13,17H,9,14-15H2,(H,27,32)(H,28,30)(H,29,31). The average Bonchev–Trinajstić information content (AvgIpc) is 2.79. The highest BCUT2D eigenvalue weighted by molar-refractivity contribution is 6.30. The van der Waals surface area contributed by atoms with Crippen molar-refractivity contribution in [3.05, 3.63) is 88.9 Å². The number of hydrogen-bond acceptors (Lipinski definition) is 3. The molecule has 0 fully saturated rings. The maximum Gasteiger partial charge on any atom is 0.257 e. The summed E-state index contributed by atoms with van der Waals surface area (Å²) in [5.41, 5.74) is 3.27. The van der Waals surface area contributed by atoms with Gasteiger partial charge < -0.3 is 16.0 Å². The highest BCUT2D eigenvalue weighted by Crippen LogP contribution is 2.28. The van der Waals surface area contributed by atoms with E-state index in [0.717, 1.165) is 11.3 Å². The molecular formula is C25H22ClN3O3. The van der Waals surface area contributed by atoms with Gasteiger partial charge in [0.2, 0.25) is 11.8 Å². The number of para-hydroxylation sites is 2. The van der Waals surface area contributed by atoms with E-state index in [0.29, 0.717) is 34.8 Å². The topological polar surface area (TPSA) is 87.3 Å². The number of carbonyl (C=O) groups excluding carboxylic acids is 3. The van der Waals surface area contributed by atoms with Gasteiger partial charge in [0.05, 0.1) is 11.3 Å². The Hall–Kier alpha value is -3.64. The van der Waals surface area contributed by atoms with Crippen LogP contribution in [0.25, 0.3) is 0 Å². The predicted octanol–water partition coefficient (Wildman–Crippen LogP) is 5.12. The Morgan fingerprint density at radius 3 is 2.47 bits per heavy atom. The molecular weight excluding hydrogens is 426 g/mol. The molecule has 0 aromatic heterocycles. The van der Waals surface area contributed by atoms with Crippen molar-refractivity contribution in [2.24, 2.45) is 5.92 Å². The van der Waals surface area contributed by atoms with Crippen LogP contribution in [-0.2, 0) is 16.0 Å². The van der Waals surface area contributed by atoms with Crippen LogP contribution in [0.4, 0.5) is 17.1 Å². The van der Waals surface area contributed by atoms with Gasteiger partial charge in [-0.25, -0.2) is 0 Å². The Balaban J connectivity index is 1.37. The summed E-state index contributed by atoms with van der Waals surface area (Å²) in [4.78, 5) is 37.7. The summed E-state index contributed by atoms with van der Waals surface area (Å²) in [7, 11) is 0. The van der Waals surface area contributed by atoms with Crippen LogP contribution < -0.4 is 16.0 Å². The van der Waals surface area contributed by atoms with Gasteiger partial charge in [0.25, 0.3) is 5.91 Å². The second-order valence-corrected chi connectivity index (χ2v) is 8.08. The summed E-state index contributed by atoms with van der Waals surface area (Å²) >= 11 is 5.88. The maximum atomic E-state index is 12.7. The average molecular weight is 448 g/mol. The fourth-order valence-electron chi connectivity index (χ4n) is 3.69. The highest BCUT2D eigenvalue weighted by atomic mass is 35.5. The number of hydrogen-bond donors (Lipinski definition) is 3. The van der Waals surface area contributed by atoms with E-state index in [4.69, 9.17) is 11.6 Å². The van der Waals surface area contributed by atoms with Crippen LogP contribution in [0.3, 0.4) is 0 Å². The van der Waals surface area contributed by atoms with Crippen molar-refractivity contribution in [3.63, 3.8) is 0 Å². The SMILES string of the molecule is O=C(CCC1Cc2ccccc2NC1=O)Nc1ccccc1C(=O)Nc1ccc(Cl)cc1. The van der Waals surface area contributed by atoms with Gasteiger partial charge in [-0.1, -0.05) is 41.9 Å². The first-order valence-electron chi connectivity index (χ1n) is 10.3. The van der Waals surface area contributed by atoms with Gasteiger partial charge in [-0.05, 0) is 60.9 Å². The minimum Gasteiger partial charge on any atom is -0.326 e. The smallest absolute Gasteiger partial charge is 0.257 e. The molecule has 0 saturated carbocycles. The molecule has 0 aliphatic carbocycles. The number of carbonyl (C=O) groups is 3. The van der Waals surface area contributed by atoms with E-state index >= 15 is 0 Å². The number of fused-ring (bicyclic) bond motifs is 1. The molecule has 3 aromatic rings. The second kappa shape index (κ2) is 9.66. The first-order valence-corrected chi connectivity index (χ1v) is 10.7. The van der Waals surface area contributed by atoms with Gasteiger partial charge in [0, 0.05) is 28.7 Å². The lowest BCUT2D eigenvalue weighted by Gasteiger charge is -2.24. The fraction of sp³-hybridized carbons (Fsp3) is 0.160. The zero-order valence-electron chi connectivity index (χ0n) is 17.2. The van der Waals surface area contributed by atoms with E-state index in [2.05, 4.69) is 16.0 Å². The van der Waals surface area contributed by atoms with Crippen molar-refractivity contribution in [3.8, 4) is 0 Å². The van der Waals surface area contributed by atoms with E-state index in [-0.39, 0.29) is 30.1 Å². The van der Waals surface area contributed by atoms with Crippen LogP contribution in [0.5, 0.6) is 0 Å². The fourth-order valence-corrected chi connectivity index (χ4v) is 3.81. The quantitative estimate of drug-likeness (QED) is 0.490. The van der Waals surface area contributed by atoms with Crippen molar-refractivity contribution in [2.75, 3.05) is 16.0 Å². The molecule has 0 spiro atoms. The van der Waals surface area contributed by atoms with Crippen LogP contribution >= 0.6 is 11.6 Å². The van der Waals surface area contributed by atoms with Gasteiger partial charge in [-0.15, -0.1) is 0 Å². The molecule has 1 aliphatic rings. The van der Waals surface area contributed by atoms with E-state index in [9.17, 15) is 14.4 Å². The van der Waals surface area contributed by atoms with Gasteiger partial charge in [0.1, 0.15) is 0 Å². The molecule has 0 bridgehead atoms. The summed E-state index contributed by atoms with van der Waals surface area (Å²) in [6, 6.07) is 21.3. The molecule has 1 heterocycles. The highest BCUT2D eigenvalue weighted by Gasteiger charge is 2.26. The zero-order chi connectivity index (χ0) is 22.5. The maximum absolute atomic E-state index is 12.7. The number of rotatable bonds is 6. The Labute approximate surface area is 191 Å². The third-order valence-corrected chi connectivity index (χ3v) is 5.63.